The van der Waals surface area contributed by atoms with Crippen LogP contribution in [0.2, 0.25) is 0 Å². The average Bonchev–Trinajstić information content (AvgIpc) is 2.51. The maximum Gasteiger partial charge on any atom is 0.387 e. The third-order valence-corrected chi connectivity index (χ3v) is 3.49. The van der Waals surface area contributed by atoms with Crippen LogP contribution in [0, 0.1) is 13.8 Å². The monoisotopic (exact) mass is 319 g/mol. The lowest BCUT2D eigenvalue weighted by Gasteiger charge is -2.09. The first-order valence-electron chi connectivity index (χ1n) is 7.35. The van der Waals surface area contributed by atoms with E-state index in [1.807, 2.05) is 32.0 Å². The number of carbonyl (C=O) groups excluding carboxylic acids is 1. The first-order chi connectivity index (χ1) is 11.0. The molecule has 0 aliphatic rings. The number of alkyl halides is 2. The van der Waals surface area contributed by atoms with Crippen LogP contribution >= 0.6 is 0 Å². The highest BCUT2D eigenvalue weighted by Gasteiger charge is 2.08. The van der Waals surface area contributed by atoms with Gasteiger partial charge in [-0.1, -0.05) is 29.8 Å². The van der Waals surface area contributed by atoms with Crippen molar-refractivity contribution in [2.75, 3.05) is 6.54 Å². The Morgan fingerprint density at radius 3 is 2.48 bits per heavy atom. The minimum Gasteiger partial charge on any atom is -0.435 e. The van der Waals surface area contributed by atoms with Gasteiger partial charge in [-0.05, 0) is 49.6 Å². The van der Waals surface area contributed by atoms with Crippen molar-refractivity contribution in [3.05, 3.63) is 64.7 Å². The zero-order valence-corrected chi connectivity index (χ0v) is 13.1. The fourth-order valence-corrected chi connectivity index (χ4v) is 2.23. The summed E-state index contributed by atoms with van der Waals surface area (Å²) in [7, 11) is 0. The maximum absolute atomic E-state index is 12.2. The molecule has 2 aromatic carbocycles. The number of nitrogens with one attached hydrogen (secondary N) is 1. The molecule has 122 valence electrons. The fourth-order valence-electron chi connectivity index (χ4n) is 2.23. The van der Waals surface area contributed by atoms with Gasteiger partial charge in [0, 0.05) is 12.1 Å². The molecule has 0 aromatic heterocycles. The Labute approximate surface area is 134 Å². The highest BCUT2D eigenvalue weighted by atomic mass is 19.3. The number of carbonyl (C=O) groups is 1. The molecule has 23 heavy (non-hydrogen) atoms. The summed E-state index contributed by atoms with van der Waals surface area (Å²) in [5.74, 6) is 0.0204. The van der Waals surface area contributed by atoms with E-state index in [4.69, 9.17) is 0 Å². The van der Waals surface area contributed by atoms with Crippen LogP contribution in [0.15, 0.2) is 42.5 Å². The van der Waals surface area contributed by atoms with Crippen molar-refractivity contribution >= 4 is 5.91 Å². The number of aryl methyl sites for hydroxylation is 2. The summed E-state index contributed by atoms with van der Waals surface area (Å²) >= 11 is 0. The number of ether oxygens (including phenoxy) is 1. The molecule has 0 atom stereocenters. The Bertz CT molecular complexity index is 669. The van der Waals surface area contributed by atoms with E-state index >= 15 is 0 Å². The molecule has 5 heteroatoms. The van der Waals surface area contributed by atoms with E-state index in [2.05, 4.69) is 10.1 Å². The molecule has 0 radical (unpaired) electrons. The quantitative estimate of drug-likeness (QED) is 0.877. The van der Waals surface area contributed by atoms with E-state index < -0.39 is 6.61 Å². The topological polar surface area (TPSA) is 38.3 Å². The van der Waals surface area contributed by atoms with E-state index in [0.717, 1.165) is 16.7 Å². The van der Waals surface area contributed by atoms with Crippen molar-refractivity contribution < 1.29 is 18.3 Å². The molecule has 1 N–H and O–H groups in total. The molecule has 0 aliphatic heterocycles. The van der Waals surface area contributed by atoms with E-state index in [1.54, 1.807) is 12.1 Å². The van der Waals surface area contributed by atoms with Crippen molar-refractivity contribution in [3.63, 3.8) is 0 Å². The molecule has 0 bridgehead atoms. The molecule has 0 spiro atoms. The average molecular weight is 319 g/mol. The summed E-state index contributed by atoms with van der Waals surface area (Å²) in [5.41, 5.74) is 3.58. The van der Waals surface area contributed by atoms with Gasteiger partial charge in [0.15, 0.2) is 0 Å². The molecular formula is C18H19F2NO2. The van der Waals surface area contributed by atoms with Crippen LogP contribution < -0.4 is 10.1 Å². The molecule has 0 heterocycles. The summed E-state index contributed by atoms with van der Waals surface area (Å²) in [6.45, 7) is 1.49. The number of hydrogen-bond acceptors (Lipinski definition) is 2. The maximum atomic E-state index is 12.2. The molecule has 0 aliphatic carbocycles. The number of hydrogen-bond donors (Lipinski definition) is 1. The predicted octanol–water partition coefficient (Wildman–Crippen LogP) is 3.88. The summed E-state index contributed by atoms with van der Waals surface area (Å²) in [6, 6.07) is 12.2. The predicted molar refractivity (Wildman–Crippen MR) is 85.0 cm³/mol. The van der Waals surface area contributed by atoms with Crippen LogP contribution in [-0.2, 0) is 6.42 Å². The van der Waals surface area contributed by atoms with Gasteiger partial charge < -0.3 is 10.1 Å². The van der Waals surface area contributed by atoms with Crippen LogP contribution in [0.1, 0.15) is 27.0 Å². The van der Waals surface area contributed by atoms with Crippen LogP contribution in [-0.4, -0.2) is 19.1 Å². The van der Waals surface area contributed by atoms with Crippen molar-refractivity contribution in [2.45, 2.75) is 26.9 Å². The molecule has 2 aromatic rings. The number of benzene rings is 2. The summed E-state index contributed by atoms with van der Waals surface area (Å²) in [4.78, 5) is 12.2. The Hall–Kier alpha value is -2.43. The smallest absolute Gasteiger partial charge is 0.387 e. The van der Waals surface area contributed by atoms with Gasteiger partial charge in [0.25, 0.3) is 5.91 Å². The SMILES string of the molecule is Cc1ccc(C)c(C(=O)NCCc2ccc(OC(F)F)cc2)c1. The summed E-state index contributed by atoms with van der Waals surface area (Å²) < 4.78 is 28.4. The highest BCUT2D eigenvalue weighted by Crippen LogP contribution is 2.15. The van der Waals surface area contributed by atoms with Gasteiger partial charge in [-0.25, -0.2) is 0 Å². The first kappa shape index (κ1) is 16.9. The second kappa shape index (κ2) is 7.72. The van der Waals surface area contributed by atoms with Crippen LogP contribution in [0.3, 0.4) is 0 Å². The third-order valence-electron chi connectivity index (χ3n) is 3.49. The summed E-state index contributed by atoms with van der Waals surface area (Å²) in [6.07, 6.45) is 0.617. The van der Waals surface area contributed by atoms with Gasteiger partial charge in [-0.2, -0.15) is 8.78 Å². The second-order valence-electron chi connectivity index (χ2n) is 5.35. The minimum atomic E-state index is -2.82. The minimum absolute atomic E-state index is 0.108. The molecule has 0 fully saturated rings. The third kappa shape index (κ3) is 5.06. The van der Waals surface area contributed by atoms with Gasteiger partial charge >= 0.3 is 6.61 Å². The molecule has 0 saturated carbocycles. The van der Waals surface area contributed by atoms with Gasteiger partial charge in [0.05, 0.1) is 0 Å². The Morgan fingerprint density at radius 2 is 1.83 bits per heavy atom. The lowest BCUT2D eigenvalue weighted by molar-refractivity contribution is -0.0498. The number of rotatable bonds is 6. The largest absolute Gasteiger partial charge is 0.435 e. The van der Waals surface area contributed by atoms with E-state index in [-0.39, 0.29) is 11.7 Å². The van der Waals surface area contributed by atoms with E-state index in [0.29, 0.717) is 18.5 Å². The summed E-state index contributed by atoms with van der Waals surface area (Å²) in [5, 5.41) is 2.87. The van der Waals surface area contributed by atoms with Gasteiger partial charge in [-0.15, -0.1) is 0 Å². The zero-order valence-electron chi connectivity index (χ0n) is 13.1. The molecule has 2 rings (SSSR count). The lowest BCUT2D eigenvalue weighted by atomic mass is 10.0. The van der Waals surface area contributed by atoms with Crippen LogP contribution in [0.25, 0.3) is 0 Å². The Morgan fingerprint density at radius 1 is 1.13 bits per heavy atom. The Balaban J connectivity index is 1.87. The second-order valence-corrected chi connectivity index (χ2v) is 5.35. The molecule has 3 nitrogen and oxygen atoms in total. The highest BCUT2D eigenvalue weighted by molar-refractivity contribution is 5.95. The molecular weight excluding hydrogens is 300 g/mol. The molecule has 0 saturated heterocycles. The zero-order chi connectivity index (χ0) is 16.8. The van der Waals surface area contributed by atoms with Gasteiger partial charge in [-0.3, -0.25) is 4.79 Å². The van der Waals surface area contributed by atoms with E-state index in [1.165, 1.54) is 12.1 Å². The first-order valence-corrected chi connectivity index (χ1v) is 7.35. The molecule has 1 amide bonds. The van der Waals surface area contributed by atoms with Crippen LogP contribution in [0.5, 0.6) is 5.75 Å². The van der Waals surface area contributed by atoms with Crippen molar-refractivity contribution in [2.24, 2.45) is 0 Å². The van der Waals surface area contributed by atoms with E-state index in [9.17, 15) is 13.6 Å². The van der Waals surface area contributed by atoms with Crippen LogP contribution in [0.4, 0.5) is 8.78 Å². The van der Waals surface area contributed by atoms with Gasteiger partial charge in [0.2, 0.25) is 0 Å². The van der Waals surface area contributed by atoms with Gasteiger partial charge in [0.1, 0.15) is 5.75 Å². The van der Waals surface area contributed by atoms with Crippen molar-refractivity contribution in [3.8, 4) is 5.75 Å². The van der Waals surface area contributed by atoms with Crippen molar-refractivity contribution in [1.82, 2.24) is 5.32 Å². The lowest BCUT2D eigenvalue weighted by Crippen LogP contribution is -2.26. The standard InChI is InChI=1S/C18H19F2NO2/c1-12-3-4-13(2)16(11-12)17(22)21-10-9-14-5-7-15(8-6-14)23-18(19)20/h3-8,11,18H,9-10H2,1-2H3,(H,21,22). The number of amides is 1. The molecule has 0 unspecified atom stereocenters. The number of halogens is 2. The van der Waals surface area contributed by atoms with Crippen molar-refractivity contribution in [1.29, 1.82) is 0 Å². The Kier molecular flexibility index (Phi) is 5.68. The normalized spacial score (nSPS) is 10.7. The fraction of sp³-hybridized carbons (Fsp3) is 0.278.